The zero-order valence-electron chi connectivity index (χ0n) is 14.1. The van der Waals surface area contributed by atoms with Crippen molar-refractivity contribution in [3.05, 3.63) is 70.3 Å². The van der Waals surface area contributed by atoms with E-state index in [9.17, 15) is 22.8 Å². The fourth-order valence-corrected chi connectivity index (χ4v) is 2.25. The number of amides is 1. The second-order valence-corrected chi connectivity index (χ2v) is 6.02. The number of alkyl halides is 3. The molecule has 0 heterocycles. The van der Waals surface area contributed by atoms with Gasteiger partial charge < -0.3 is 10.1 Å². The first-order valence-corrected chi connectivity index (χ1v) is 8.11. The van der Waals surface area contributed by atoms with E-state index < -0.39 is 35.9 Å². The fraction of sp³-hybridized carbons (Fsp3) is 0.158. The second kappa shape index (κ2) is 8.73. The lowest BCUT2D eigenvalue weighted by molar-refractivity contribution is -0.142. The predicted octanol–water partition coefficient (Wildman–Crippen LogP) is 4.86. The summed E-state index contributed by atoms with van der Waals surface area (Å²) in [5.74, 6) is -1.70. The molecule has 27 heavy (non-hydrogen) atoms. The highest BCUT2D eigenvalue weighted by atomic mass is 35.5. The van der Waals surface area contributed by atoms with Crippen molar-refractivity contribution in [2.75, 3.05) is 11.9 Å². The maximum atomic E-state index is 13.0. The van der Waals surface area contributed by atoms with Crippen LogP contribution in [0.3, 0.4) is 0 Å². The lowest BCUT2D eigenvalue weighted by Gasteiger charge is -2.14. The Labute approximate surface area is 158 Å². The van der Waals surface area contributed by atoms with Crippen LogP contribution in [0.4, 0.5) is 18.9 Å². The maximum absolute atomic E-state index is 13.0. The second-order valence-electron chi connectivity index (χ2n) is 5.59. The Bertz CT molecular complexity index is 861. The minimum absolute atomic E-state index is 0.118. The van der Waals surface area contributed by atoms with Crippen molar-refractivity contribution in [3.8, 4) is 0 Å². The van der Waals surface area contributed by atoms with Gasteiger partial charge >= 0.3 is 12.1 Å². The van der Waals surface area contributed by atoms with E-state index in [-0.39, 0.29) is 5.02 Å². The number of anilines is 1. The highest BCUT2D eigenvalue weighted by Crippen LogP contribution is 2.36. The van der Waals surface area contributed by atoms with Crippen LogP contribution in [-0.4, -0.2) is 18.5 Å². The standard InChI is InChI=1S/C19H15ClF3NO3/c1-12-2-4-13(5-3-12)6-9-18(26)27-11-17(25)24-16-8-7-14(20)10-15(16)19(21,22)23/h2-10H,11H2,1H3,(H,24,25)/b9-6+. The Hall–Kier alpha value is -2.80. The summed E-state index contributed by atoms with van der Waals surface area (Å²) in [5, 5.41) is 1.94. The van der Waals surface area contributed by atoms with Gasteiger partial charge in [-0.05, 0) is 36.8 Å². The molecule has 0 fully saturated rings. The fourth-order valence-electron chi connectivity index (χ4n) is 2.07. The van der Waals surface area contributed by atoms with Crippen molar-refractivity contribution in [1.29, 1.82) is 0 Å². The summed E-state index contributed by atoms with van der Waals surface area (Å²) in [5.41, 5.74) is 0.266. The summed E-state index contributed by atoms with van der Waals surface area (Å²) in [4.78, 5) is 23.4. The molecular weight excluding hydrogens is 383 g/mol. The molecule has 0 atom stereocenters. The van der Waals surface area contributed by atoms with Crippen molar-refractivity contribution in [2.24, 2.45) is 0 Å². The molecule has 0 aliphatic rings. The zero-order chi connectivity index (χ0) is 20.0. The minimum Gasteiger partial charge on any atom is -0.452 e. The van der Waals surface area contributed by atoms with Gasteiger partial charge in [-0.25, -0.2) is 4.79 Å². The monoisotopic (exact) mass is 397 g/mol. The van der Waals surface area contributed by atoms with Gasteiger partial charge in [0.15, 0.2) is 6.61 Å². The molecule has 0 spiro atoms. The lowest BCUT2D eigenvalue weighted by Crippen LogP contribution is -2.22. The molecule has 142 valence electrons. The zero-order valence-corrected chi connectivity index (χ0v) is 14.9. The molecule has 0 aliphatic carbocycles. The van der Waals surface area contributed by atoms with Gasteiger partial charge in [0.2, 0.25) is 0 Å². The van der Waals surface area contributed by atoms with E-state index in [1.54, 1.807) is 12.1 Å². The number of esters is 1. The third-order valence-electron chi connectivity index (χ3n) is 3.40. The van der Waals surface area contributed by atoms with E-state index in [2.05, 4.69) is 5.32 Å². The summed E-state index contributed by atoms with van der Waals surface area (Å²) < 4.78 is 43.7. The molecule has 0 aromatic heterocycles. The van der Waals surface area contributed by atoms with Crippen molar-refractivity contribution in [3.63, 3.8) is 0 Å². The van der Waals surface area contributed by atoms with Crippen LogP contribution in [0.1, 0.15) is 16.7 Å². The van der Waals surface area contributed by atoms with Gasteiger partial charge in [0.1, 0.15) is 0 Å². The summed E-state index contributed by atoms with van der Waals surface area (Å²) >= 11 is 5.57. The van der Waals surface area contributed by atoms with Crippen molar-refractivity contribution in [1.82, 2.24) is 0 Å². The number of ether oxygens (including phenoxy) is 1. The van der Waals surface area contributed by atoms with Gasteiger partial charge in [-0.15, -0.1) is 0 Å². The first kappa shape index (κ1) is 20.5. The summed E-state index contributed by atoms with van der Waals surface area (Å²) in [7, 11) is 0. The van der Waals surface area contributed by atoms with Crippen LogP contribution in [0.15, 0.2) is 48.5 Å². The molecule has 2 aromatic rings. The van der Waals surface area contributed by atoms with E-state index in [1.807, 2.05) is 19.1 Å². The number of carbonyl (C=O) groups is 2. The van der Waals surface area contributed by atoms with Crippen LogP contribution >= 0.6 is 11.6 Å². The highest BCUT2D eigenvalue weighted by molar-refractivity contribution is 6.30. The van der Waals surface area contributed by atoms with Gasteiger partial charge in [-0.2, -0.15) is 13.2 Å². The van der Waals surface area contributed by atoms with Crippen LogP contribution in [0.25, 0.3) is 6.08 Å². The van der Waals surface area contributed by atoms with Crippen LogP contribution < -0.4 is 5.32 Å². The molecule has 0 saturated heterocycles. The largest absolute Gasteiger partial charge is 0.452 e. The van der Waals surface area contributed by atoms with E-state index in [1.165, 1.54) is 12.1 Å². The van der Waals surface area contributed by atoms with Gasteiger partial charge in [0.25, 0.3) is 5.91 Å². The van der Waals surface area contributed by atoms with Crippen LogP contribution in [0.2, 0.25) is 5.02 Å². The Kier molecular flexibility index (Phi) is 6.63. The molecule has 0 bridgehead atoms. The SMILES string of the molecule is Cc1ccc(/C=C/C(=O)OCC(=O)Nc2ccc(Cl)cc2C(F)(F)F)cc1. The molecule has 1 amide bonds. The number of carbonyl (C=O) groups excluding carboxylic acids is 2. The molecule has 0 radical (unpaired) electrons. The van der Waals surface area contributed by atoms with Gasteiger partial charge in [0, 0.05) is 11.1 Å². The van der Waals surface area contributed by atoms with Gasteiger partial charge in [0.05, 0.1) is 11.3 Å². The van der Waals surface area contributed by atoms with Crippen LogP contribution in [-0.2, 0) is 20.5 Å². The number of benzene rings is 2. The van der Waals surface area contributed by atoms with Gasteiger partial charge in [-0.1, -0.05) is 41.4 Å². The number of rotatable bonds is 5. The van der Waals surface area contributed by atoms with Crippen LogP contribution in [0.5, 0.6) is 0 Å². The van der Waals surface area contributed by atoms with E-state index in [0.717, 1.165) is 23.3 Å². The third-order valence-corrected chi connectivity index (χ3v) is 3.63. The summed E-state index contributed by atoms with van der Waals surface area (Å²) in [6.45, 7) is 1.20. The number of halogens is 4. The quantitative estimate of drug-likeness (QED) is 0.579. The van der Waals surface area contributed by atoms with Crippen molar-refractivity contribution < 1.29 is 27.5 Å². The molecule has 4 nitrogen and oxygen atoms in total. The molecule has 1 N–H and O–H groups in total. The smallest absolute Gasteiger partial charge is 0.418 e. The molecule has 0 unspecified atom stereocenters. The van der Waals surface area contributed by atoms with Crippen molar-refractivity contribution in [2.45, 2.75) is 13.1 Å². The topological polar surface area (TPSA) is 55.4 Å². The average Bonchev–Trinajstić information content (AvgIpc) is 2.60. The summed E-state index contributed by atoms with van der Waals surface area (Å²) in [6.07, 6.45) is -2.07. The number of hydrogen-bond acceptors (Lipinski definition) is 3. The number of aryl methyl sites for hydroxylation is 1. The molecule has 2 aromatic carbocycles. The number of hydrogen-bond donors (Lipinski definition) is 1. The molecule has 8 heteroatoms. The van der Waals surface area contributed by atoms with E-state index >= 15 is 0 Å². The minimum atomic E-state index is -4.69. The average molecular weight is 398 g/mol. The first-order chi connectivity index (χ1) is 12.6. The Morgan fingerprint density at radius 1 is 1.15 bits per heavy atom. The molecule has 0 saturated carbocycles. The van der Waals surface area contributed by atoms with E-state index in [0.29, 0.717) is 6.07 Å². The molecule has 0 aliphatic heterocycles. The normalized spacial score (nSPS) is 11.4. The highest BCUT2D eigenvalue weighted by Gasteiger charge is 2.34. The lowest BCUT2D eigenvalue weighted by atomic mass is 10.1. The third kappa shape index (κ3) is 6.45. The van der Waals surface area contributed by atoms with Crippen molar-refractivity contribution >= 4 is 35.2 Å². The Morgan fingerprint density at radius 3 is 2.44 bits per heavy atom. The molecular formula is C19H15ClF3NO3. The predicted molar refractivity (Wildman–Crippen MR) is 96.3 cm³/mol. The summed E-state index contributed by atoms with van der Waals surface area (Å²) in [6, 6.07) is 10.3. The van der Waals surface area contributed by atoms with E-state index in [4.69, 9.17) is 16.3 Å². The Morgan fingerprint density at radius 2 is 1.81 bits per heavy atom. The van der Waals surface area contributed by atoms with Gasteiger partial charge in [-0.3, -0.25) is 4.79 Å². The Balaban J connectivity index is 1.93. The van der Waals surface area contributed by atoms with Crippen LogP contribution in [0, 0.1) is 6.92 Å². The molecule has 2 rings (SSSR count). The number of nitrogens with one attached hydrogen (secondary N) is 1. The first-order valence-electron chi connectivity index (χ1n) is 7.73. The maximum Gasteiger partial charge on any atom is 0.418 e.